The van der Waals surface area contributed by atoms with Gasteiger partial charge in [0.05, 0.1) is 0 Å². The summed E-state index contributed by atoms with van der Waals surface area (Å²) in [5.74, 6) is 0. The van der Waals surface area contributed by atoms with Crippen LogP contribution in [0.3, 0.4) is 0 Å². The molecule has 0 nitrogen and oxygen atoms in total. The summed E-state index contributed by atoms with van der Waals surface area (Å²) in [4.78, 5) is 0. The fraction of sp³-hybridized carbons (Fsp3) is 0.108. The molecule has 0 bridgehead atoms. The van der Waals surface area contributed by atoms with E-state index in [-0.39, 0.29) is 10.8 Å². The molecule has 0 spiro atoms. The van der Waals surface area contributed by atoms with E-state index in [4.69, 9.17) is 0 Å². The van der Waals surface area contributed by atoms with Crippen LogP contribution >= 0.6 is 0 Å². The van der Waals surface area contributed by atoms with Gasteiger partial charge in [-0.3, -0.25) is 0 Å². The second-order valence-electron chi connectivity index (χ2n) is 22.4. The molecule has 13 aromatic rings. The first-order chi connectivity index (χ1) is 36.0. The maximum absolute atomic E-state index is 2.41. The SMILES string of the molecule is CC(C)(C)c1ccc(-c2c3ccccc3c(-c3cccc(-c4ccc5ccc6ccc(-c7cccc(-c8c9ccccc9c(-c9ccc(C(C)(C)C)cc9)c9ccccc89)c7)cc6c5c4)c3)c3ccccc23)cc1. The van der Waals surface area contributed by atoms with Crippen molar-refractivity contribution in [1.82, 2.24) is 0 Å². The maximum Gasteiger partial charge on any atom is -0.00262 e. The predicted molar refractivity (Wildman–Crippen MR) is 321 cm³/mol. The summed E-state index contributed by atoms with van der Waals surface area (Å²) in [6.45, 7) is 13.7. The molecule has 0 radical (unpaired) electrons. The third-order valence-electron chi connectivity index (χ3n) is 15.8. The summed E-state index contributed by atoms with van der Waals surface area (Å²) in [6.07, 6.45) is 0. The quantitative estimate of drug-likeness (QED) is 0.115. The van der Waals surface area contributed by atoms with Crippen molar-refractivity contribution >= 4 is 64.6 Å². The molecule has 0 atom stereocenters. The Morgan fingerprint density at radius 2 is 0.432 bits per heavy atom. The zero-order chi connectivity index (χ0) is 50.3. The Labute approximate surface area is 435 Å². The number of hydrogen-bond donors (Lipinski definition) is 0. The first kappa shape index (κ1) is 45.3. The largest absolute Gasteiger partial charge is 0.0616 e. The topological polar surface area (TPSA) is 0 Å². The lowest BCUT2D eigenvalue weighted by Gasteiger charge is -2.21. The van der Waals surface area contributed by atoms with Gasteiger partial charge in [-0.1, -0.05) is 260 Å². The average Bonchev–Trinajstić information content (AvgIpc) is 3.44. The van der Waals surface area contributed by atoms with Crippen LogP contribution in [0.4, 0.5) is 0 Å². The van der Waals surface area contributed by atoms with Gasteiger partial charge in [-0.25, -0.2) is 0 Å². The molecule has 0 fully saturated rings. The molecule has 0 aliphatic rings. The fourth-order valence-electron chi connectivity index (χ4n) is 11.9. The number of rotatable bonds is 6. The molecule has 0 N–H and O–H groups in total. The molecule has 0 amide bonds. The van der Waals surface area contributed by atoms with Crippen LogP contribution in [0.5, 0.6) is 0 Å². The molecular formula is C74H58. The van der Waals surface area contributed by atoms with Gasteiger partial charge in [0.1, 0.15) is 0 Å². The molecular weight excluding hydrogens is 889 g/mol. The number of benzene rings is 13. The van der Waals surface area contributed by atoms with E-state index in [1.54, 1.807) is 0 Å². The monoisotopic (exact) mass is 946 g/mol. The lowest BCUT2D eigenvalue weighted by molar-refractivity contribution is 0.590. The highest BCUT2D eigenvalue weighted by atomic mass is 14.2. The van der Waals surface area contributed by atoms with Gasteiger partial charge < -0.3 is 0 Å². The van der Waals surface area contributed by atoms with Crippen LogP contribution in [-0.4, -0.2) is 0 Å². The summed E-state index contributed by atoms with van der Waals surface area (Å²) >= 11 is 0. The highest BCUT2D eigenvalue weighted by Gasteiger charge is 2.21. The highest BCUT2D eigenvalue weighted by molar-refractivity contribution is 6.23. The van der Waals surface area contributed by atoms with Crippen molar-refractivity contribution in [1.29, 1.82) is 0 Å². The van der Waals surface area contributed by atoms with Crippen molar-refractivity contribution in [2.75, 3.05) is 0 Å². The molecule has 0 saturated heterocycles. The normalized spacial score (nSPS) is 12.2. The Morgan fingerprint density at radius 1 is 0.189 bits per heavy atom. The van der Waals surface area contributed by atoms with E-state index in [2.05, 4.69) is 284 Å². The van der Waals surface area contributed by atoms with E-state index in [1.807, 2.05) is 0 Å². The van der Waals surface area contributed by atoms with E-state index in [9.17, 15) is 0 Å². The lowest BCUT2D eigenvalue weighted by atomic mass is 9.83. The van der Waals surface area contributed by atoms with Crippen molar-refractivity contribution in [2.45, 2.75) is 52.4 Å². The van der Waals surface area contributed by atoms with Gasteiger partial charge in [-0.05, 0) is 178 Å². The van der Waals surface area contributed by atoms with Gasteiger partial charge >= 0.3 is 0 Å². The second-order valence-corrected chi connectivity index (χ2v) is 22.4. The summed E-state index contributed by atoms with van der Waals surface area (Å²) in [7, 11) is 0. The minimum absolute atomic E-state index is 0.0910. The number of fused-ring (bicyclic) bond motifs is 7. The van der Waals surface area contributed by atoms with E-state index >= 15 is 0 Å². The molecule has 354 valence electrons. The van der Waals surface area contributed by atoms with E-state index in [0.717, 1.165) is 0 Å². The van der Waals surface area contributed by atoms with Crippen LogP contribution < -0.4 is 0 Å². The fourth-order valence-corrected chi connectivity index (χ4v) is 11.9. The molecule has 13 aromatic carbocycles. The summed E-state index contributed by atoms with van der Waals surface area (Å²) in [5.41, 5.74) is 17.7. The van der Waals surface area contributed by atoms with Crippen LogP contribution in [0.25, 0.3) is 131 Å². The standard InChI is InChI=1S/C74H58/c1-73(2,3)57-39-35-49(36-40-57)69-59-21-7-11-25-63(59)71(64-26-12-8-22-60(64)69)55-19-15-17-51(43-55)53-33-31-47-29-30-48-32-34-54(46-68(48)67(47)45-53)52-18-16-20-56(44-52)72-65-27-13-9-23-61(65)70(62-24-10-14-28-66(62)72)50-37-41-58(42-38-50)74(4,5)6/h7-46H,1-6H3. The van der Waals surface area contributed by atoms with Crippen LogP contribution in [0.1, 0.15) is 52.7 Å². The van der Waals surface area contributed by atoms with E-state index in [1.165, 1.54) is 143 Å². The molecule has 74 heavy (non-hydrogen) atoms. The number of hydrogen-bond acceptors (Lipinski definition) is 0. The molecule has 0 aliphatic carbocycles. The van der Waals surface area contributed by atoms with Gasteiger partial charge in [0, 0.05) is 0 Å². The Kier molecular flexibility index (Phi) is 10.8. The van der Waals surface area contributed by atoms with Crippen LogP contribution in [0.15, 0.2) is 243 Å². The minimum Gasteiger partial charge on any atom is -0.0616 e. The van der Waals surface area contributed by atoms with Crippen LogP contribution in [0, 0.1) is 0 Å². The van der Waals surface area contributed by atoms with Gasteiger partial charge in [-0.2, -0.15) is 0 Å². The average molecular weight is 947 g/mol. The maximum atomic E-state index is 2.41. The summed E-state index contributed by atoms with van der Waals surface area (Å²) in [6, 6.07) is 91.3. The summed E-state index contributed by atoms with van der Waals surface area (Å²) < 4.78 is 0. The van der Waals surface area contributed by atoms with Crippen LogP contribution in [0.2, 0.25) is 0 Å². The van der Waals surface area contributed by atoms with Crippen LogP contribution in [-0.2, 0) is 10.8 Å². The van der Waals surface area contributed by atoms with E-state index < -0.39 is 0 Å². The Bertz CT molecular complexity index is 3950. The zero-order valence-corrected chi connectivity index (χ0v) is 43.1. The van der Waals surface area contributed by atoms with Gasteiger partial charge in [0.25, 0.3) is 0 Å². The summed E-state index contributed by atoms with van der Waals surface area (Å²) in [5, 5.41) is 15.1. The van der Waals surface area contributed by atoms with E-state index in [0.29, 0.717) is 0 Å². The lowest BCUT2D eigenvalue weighted by Crippen LogP contribution is -2.10. The smallest absolute Gasteiger partial charge is 0.00262 e. The van der Waals surface area contributed by atoms with Crippen molar-refractivity contribution in [3.63, 3.8) is 0 Å². The predicted octanol–water partition coefficient (Wildman–Crippen LogP) is 21.2. The Hall–Kier alpha value is -8.58. The minimum atomic E-state index is 0.0910. The zero-order valence-electron chi connectivity index (χ0n) is 43.1. The molecule has 0 heterocycles. The highest BCUT2D eigenvalue weighted by Crippen LogP contribution is 2.47. The van der Waals surface area contributed by atoms with Gasteiger partial charge in [0.15, 0.2) is 0 Å². The third-order valence-corrected chi connectivity index (χ3v) is 15.8. The molecule has 0 saturated carbocycles. The first-order valence-electron chi connectivity index (χ1n) is 26.2. The molecule has 0 unspecified atom stereocenters. The second kappa shape index (κ2) is 17.6. The van der Waals surface area contributed by atoms with Crippen molar-refractivity contribution in [2.24, 2.45) is 0 Å². The Morgan fingerprint density at radius 3 is 0.730 bits per heavy atom. The third kappa shape index (κ3) is 7.76. The first-order valence-corrected chi connectivity index (χ1v) is 26.2. The van der Waals surface area contributed by atoms with Gasteiger partial charge in [0.2, 0.25) is 0 Å². The Balaban J connectivity index is 0.907. The molecule has 13 rings (SSSR count). The van der Waals surface area contributed by atoms with Crippen molar-refractivity contribution in [3.8, 4) is 66.8 Å². The van der Waals surface area contributed by atoms with Crippen molar-refractivity contribution in [3.05, 3.63) is 254 Å². The molecule has 0 aromatic heterocycles. The van der Waals surface area contributed by atoms with Gasteiger partial charge in [-0.15, -0.1) is 0 Å². The molecule has 0 aliphatic heterocycles. The molecule has 0 heteroatoms. The van der Waals surface area contributed by atoms with Crippen molar-refractivity contribution < 1.29 is 0 Å².